The molecule has 0 amide bonds. The van der Waals surface area contributed by atoms with E-state index in [-0.39, 0.29) is 5.52 Å². The average Bonchev–Trinajstić information content (AvgIpc) is 3.12. The first-order valence-electron chi connectivity index (χ1n) is 8.00. The summed E-state index contributed by atoms with van der Waals surface area (Å²) in [5.74, 6) is 1.30. The van der Waals surface area contributed by atoms with Crippen LogP contribution in [0.1, 0.15) is 12.5 Å². The van der Waals surface area contributed by atoms with Crippen LogP contribution in [0.5, 0.6) is 0 Å². The molecule has 4 rings (SSSR count). The van der Waals surface area contributed by atoms with Gasteiger partial charge in [0.05, 0.1) is 16.0 Å². The Morgan fingerprint density at radius 3 is 2.74 bits per heavy atom. The summed E-state index contributed by atoms with van der Waals surface area (Å²) in [6.07, 6.45) is -1.80. The van der Waals surface area contributed by atoms with Crippen molar-refractivity contribution >= 4 is 44.4 Å². The van der Waals surface area contributed by atoms with E-state index in [0.717, 1.165) is 32.9 Å². The summed E-state index contributed by atoms with van der Waals surface area (Å²) < 4.78 is 43.3. The SMILES string of the molecule is CCSc1c(-c2nc3cc(C(F)(F)F)cnc3n2C)nn2cc(Br)ccc12. The first-order valence-corrected chi connectivity index (χ1v) is 9.78. The summed E-state index contributed by atoms with van der Waals surface area (Å²) in [4.78, 5) is 9.32. The van der Waals surface area contributed by atoms with Crippen LogP contribution in [-0.2, 0) is 13.2 Å². The maximum Gasteiger partial charge on any atom is 0.417 e. The van der Waals surface area contributed by atoms with Gasteiger partial charge in [0.2, 0.25) is 0 Å². The molecule has 5 nitrogen and oxygen atoms in total. The third-order valence-corrected chi connectivity index (χ3v) is 5.53. The van der Waals surface area contributed by atoms with E-state index < -0.39 is 11.7 Å². The maximum atomic E-state index is 13.0. The van der Waals surface area contributed by atoms with Gasteiger partial charge in [0, 0.05) is 23.9 Å². The number of pyridine rings is 2. The van der Waals surface area contributed by atoms with Gasteiger partial charge in [0.1, 0.15) is 11.2 Å². The highest BCUT2D eigenvalue weighted by Gasteiger charge is 2.32. The highest BCUT2D eigenvalue weighted by atomic mass is 79.9. The number of rotatable bonds is 3. The second-order valence-corrected chi connectivity index (χ2v) is 8.04. The zero-order valence-electron chi connectivity index (χ0n) is 14.3. The minimum absolute atomic E-state index is 0.188. The lowest BCUT2D eigenvalue weighted by Crippen LogP contribution is -2.05. The molecule has 0 saturated carbocycles. The Morgan fingerprint density at radius 1 is 1.26 bits per heavy atom. The van der Waals surface area contributed by atoms with Crippen LogP contribution in [0.15, 0.2) is 40.0 Å². The molecule has 0 aliphatic heterocycles. The fraction of sp³-hybridized carbons (Fsp3) is 0.235. The number of aryl methyl sites for hydroxylation is 1. The number of fused-ring (bicyclic) bond motifs is 2. The van der Waals surface area contributed by atoms with Gasteiger partial charge >= 0.3 is 6.18 Å². The normalized spacial score (nSPS) is 12.4. The van der Waals surface area contributed by atoms with E-state index in [1.54, 1.807) is 27.9 Å². The second kappa shape index (κ2) is 6.52. The summed E-state index contributed by atoms with van der Waals surface area (Å²) in [5, 5.41) is 4.62. The van der Waals surface area contributed by atoms with Gasteiger partial charge in [-0.05, 0) is 39.9 Å². The van der Waals surface area contributed by atoms with E-state index in [4.69, 9.17) is 0 Å². The zero-order valence-corrected chi connectivity index (χ0v) is 16.7. The molecule has 0 bridgehead atoms. The highest BCUT2D eigenvalue weighted by Crippen LogP contribution is 2.36. The van der Waals surface area contributed by atoms with E-state index in [1.807, 2.05) is 25.3 Å². The van der Waals surface area contributed by atoms with Gasteiger partial charge in [-0.1, -0.05) is 6.92 Å². The first-order chi connectivity index (χ1) is 12.8. The Hall–Kier alpha value is -2.07. The van der Waals surface area contributed by atoms with Crippen molar-refractivity contribution in [3.63, 3.8) is 0 Å². The van der Waals surface area contributed by atoms with Gasteiger partial charge in [-0.25, -0.2) is 14.5 Å². The third-order valence-electron chi connectivity index (χ3n) is 4.09. The molecule has 0 fully saturated rings. The Balaban J connectivity index is 1.96. The number of halogens is 4. The summed E-state index contributed by atoms with van der Waals surface area (Å²) in [6.45, 7) is 2.03. The predicted molar refractivity (Wildman–Crippen MR) is 102 cm³/mol. The molecule has 0 aliphatic carbocycles. The third kappa shape index (κ3) is 3.10. The first kappa shape index (κ1) is 18.3. The highest BCUT2D eigenvalue weighted by molar-refractivity contribution is 9.10. The van der Waals surface area contributed by atoms with Crippen molar-refractivity contribution in [3.8, 4) is 11.5 Å². The van der Waals surface area contributed by atoms with E-state index in [2.05, 4.69) is 31.0 Å². The fourth-order valence-electron chi connectivity index (χ4n) is 2.88. The number of hydrogen-bond acceptors (Lipinski definition) is 4. The average molecular weight is 456 g/mol. The minimum Gasteiger partial charge on any atom is -0.310 e. The molecule has 27 heavy (non-hydrogen) atoms. The molecule has 140 valence electrons. The molecular formula is C17H13BrF3N5S. The lowest BCUT2D eigenvalue weighted by atomic mass is 10.2. The van der Waals surface area contributed by atoms with Crippen LogP contribution in [-0.4, -0.2) is 29.9 Å². The fourth-order valence-corrected chi connectivity index (χ4v) is 4.07. The molecule has 0 spiro atoms. The number of thioether (sulfide) groups is 1. The molecule has 0 unspecified atom stereocenters. The van der Waals surface area contributed by atoms with Gasteiger partial charge in [-0.15, -0.1) is 11.8 Å². The molecule has 4 heterocycles. The molecule has 0 aliphatic rings. The summed E-state index contributed by atoms with van der Waals surface area (Å²) >= 11 is 5.04. The van der Waals surface area contributed by atoms with Crippen molar-refractivity contribution in [2.75, 3.05) is 5.75 Å². The van der Waals surface area contributed by atoms with E-state index >= 15 is 0 Å². The zero-order chi connectivity index (χ0) is 19.3. The topological polar surface area (TPSA) is 48.0 Å². The van der Waals surface area contributed by atoms with Gasteiger partial charge in [0.25, 0.3) is 0 Å². The summed E-state index contributed by atoms with van der Waals surface area (Å²) in [7, 11) is 1.73. The molecule has 0 N–H and O–H groups in total. The van der Waals surface area contributed by atoms with Crippen LogP contribution < -0.4 is 0 Å². The van der Waals surface area contributed by atoms with E-state index in [0.29, 0.717) is 17.2 Å². The summed E-state index contributed by atoms with van der Waals surface area (Å²) in [6, 6.07) is 4.89. The van der Waals surface area contributed by atoms with Gasteiger partial charge < -0.3 is 4.57 Å². The second-order valence-electron chi connectivity index (χ2n) is 5.85. The van der Waals surface area contributed by atoms with Gasteiger partial charge in [0.15, 0.2) is 11.5 Å². The van der Waals surface area contributed by atoms with Crippen LogP contribution in [0.25, 0.3) is 28.2 Å². The Labute approximate surface area is 164 Å². The standard InChI is InChI=1S/C17H13BrF3N5S/c1-3-27-14-12-5-4-10(18)8-26(12)24-13(14)16-23-11-6-9(17(19,20)21)7-22-15(11)25(16)2/h4-8H,3H2,1-2H3. The van der Waals surface area contributed by atoms with Crippen LogP contribution >= 0.6 is 27.7 Å². The largest absolute Gasteiger partial charge is 0.417 e. The molecule has 0 saturated heterocycles. The lowest BCUT2D eigenvalue weighted by Gasteiger charge is -2.05. The molecular weight excluding hydrogens is 443 g/mol. The Kier molecular flexibility index (Phi) is 4.42. The summed E-state index contributed by atoms with van der Waals surface area (Å²) in [5.41, 5.74) is 1.28. The number of imidazole rings is 1. The minimum atomic E-state index is -4.46. The molecule has 4 aromatic rings. The van der Waals surface area contributed by atoms with Crippen molar-refractivity contribution < 1.29 is 13.2 Å². The number of aromatic nitrogens is 5. The van der Waals surface area contributed by atoms with Crippen LogP contribution in [0.3, 0.4) is 0 Å². The van der Waals surface area contributed by atoms with Crippen molar-refractivity contribution in [2.24, 2.45) is 7.05 Å². The van der Waals surface area contributed by atoms with E-state index in [1.165, 1.54) is 0 Å². The van der Waals surface area contributed by atoms with Crippen LogP contribution in [0, 0.1) is 0 Å². The van der Waals surface area contributed by atoms with Crippen molar-refractivity contribution in [3.05, 3.63) is 40.6 Å². The predicted octanol–water partition coefficient (Wildman–Crippen LogP) is 5.18. The molecule has 0 radical (unpaired) electrons. The number of alkyl halides is 3. The Morgan fingerprint density at radius 2 is 2.04 bits per heavy atom. The van der Waals surface area contributed by atoms with Gasteiger partial charge in [-0.3, -0.25) is 0 Å². The maximum absolute atomic E-state index is 13.0. The monoisotopic (exact) mass is 455 g/mol. The van der Waals surface area contributed by atoms with Crippen molar-refractivity contribution in [2.45, 2.75) is 18.0 Å². The van der Waals surface area contributed by atoms with Gasteiger partial charge in [-0.2, -0.15) is 18.3 Å². The smallest absolute Gasteiger partial charge is 0.310 e. The molecule has 0 atom stereocenters. The molecule has 10 heteroatoms. The van der Waals surface area contributed by atoms with Crippen LogP contribution in [0.2, 0.25) is 0 Å². The van der Waals surface area contributed by atoms with Crippen molar-refractivity contribution in [1.29, 1.82) is 0 Å². The number of hydrogen-bond donors (Lipinski definition) is 0. The molecule has 4 aromatic heterocycles. The van der Waals surface area contributed by atoms with E-state index in [9.17, 15) is 13.2 Å². The van der Waals surface area contributed by atoms with Crippen LogP contribution in [0.4, 0.5) is 13.2 Å². The van der Waals surface area contributed by atoms with Crippen molar-refractivity contribution in [1.82, 2.24) is 24.1 Å². The lowest BCUT2D eigenvalue weighted by molar-refractivity contribution is -0.137. The number of nitrogens with zero attached hydrogens (tertiary/aromatic N) is 5. The Bertz CT molecular complexity index is 1160. The quantitative estimate of drug-likeness (QED) is 0.399. The molecule has 0 aromatic carbocycles.